The third-order valence-electron chi connectivity index (χ3n) is 7.41. The highest BCUT2D eigenvalue weighted by molar-refractivity contribution is 6.30. The van der Waals surface area contributed by atoms with Crippen LogP contribution in [0.25, 0.3) is 5.82 Å². The summed E-state index contributed by atoms with van der Waals surface area (Å²) in [5, 5.41) is 10.6. The SMILES string of the molecule is CCCCc1nc(C)n(-c2ccccn2)c(=O)c1Cc1cc(CCC)c(OC(C(=O)O)c2cccc(Cl)c2)c(CCC)c1. The lowest BCUT2D eigenvalue weighted by Gasteiger charge is -2.22. The first-order chi connectivity index (χ1) is 20.8. The highest BCUT2D eigenvalue weighted by Gasteiger charge is 2.26. The van der Waals surface area contributed by atoms with E-state index in [1.807, 2.05) is 25.1 Å². The van der Waals surface area contributed by atoms with Crippen LogP contribution in [0.2, 0.25) is 5.02 Å². The molecule has 0 spiro atoms. The highest BCUT2D eigenvalue weighted by atomic mass is 35.5. The van der Waals surface area contributed by atoms with Crippen LogP contribution in [0.4, 0.5) is 0 Å². The second kappa shape index (κ2) is 15.0. The predicted octanol–water partition coefficient (Wildman–Crippen LogP) is 7.63. The van der Waals surface area contributed by atoms with Crippen LogP contribution in [0.1, 0.15) is 91.9 Å². The second-order valence-electron chi connectivity index (χ2n) is 10.8. The van der Waals surface area contributed by atoms with E-state index in [1.165, 1.54) is 0 Å². The van der Waals surface area contributed by atoms with Crippen LogP contribution in [-0.4, -0.2) is 25.6 Å². The van der Waals surface area contributed by atoms with Crippen LogP contribution in [0.3, 0.4) is 0 Å². The molecular formula is C35H40ClN3O4. The first-order valence-electron chi connectivity index (χ1n) is 15.1. The van der Waals surface area contributed by atoms with Crippen LogP contribution in [0.15, 0.2) is 65.6 Å². The second-order valence-corrected chi connectivity index (χ2v) is 11.3. The molecule has 0 fully saturated rings. The summed E-state index contributed by atoms with van der Waals surface area (Å²) in [5.74, 6) is 0.668. The summed E-state index contributed by atoms with van der Waals surface area (Å²) in [6.07, 6.45) is 6.62. The quantitative estimate of drug-likeness (QED) is 0.160. The van der Waals surface area contributed by atoms with E-state index < -0.39 is 12.1 Å². The maximum atomic E-state index is 14.1. The van der Waals surface area contributed by atoms with Crippen molar-refractivity contribution in [2.75, 3.05) is 0 Å². The summed E-state index contributed by atoms with van der Waals surface area (Å²) in [7, 11) is 0. The van der Waals surface area contributed by atoms with E-state index in [0.29, 0.717) is 52.8 Å². The van der Waals surface area contributed by atoms with Gasteiger partial charge in [0.2, 0.25) is 6.10 Å². The van der Waals surface area contributed by atoms with Crippen molar-refractivity contribution >= 4 is 17.6 Å². The molecule has 4 aromatic rings. The van der Waals surface area contributed by atoms with Crippen molar-refractivity contribution in [1.82, 2.24) is 14.5 Å². The third-order valence-corrected chi connectivity index (χ3v) is 7.64. The maximum absolute atomic E-state index is 14.1. The number of aryl methyl sites for hydroxylation is 4. The smallest absolute Gasteiger partial charge is 0.349 e. The molecule has 0 radical (unpaired) electrons. The number of ether oxygens (including phenoxy) is 1. The van der Waals surface area contributed by atoms with Gasteiger partial charge in [0.05, 0.1) is 5.69 Å². The molecule has 0 amide bonds. The number of nitrogens with zero attached hydrogens (tertiary/aromatic N) is 3. The van der Waals surface area contributed by atoms with Crippen molar-refractivity contribution in [3.8, 4) is 11.6 Å². The van der Waals surface area contributed by atoms with Gasteiger partial charge in [0, 0.05) is 28.8 Å². The van der Waals surface area contributed by atoms with Crippen LogP contribution in [0, 0.1) is 6.92 Å². The van der Waals surface area contributed by atoms with E-state index in [2.05, 4.69) is 37.9 Å². The van der Waals surface area contributed by atoms with Gasteiger partial charge in [0.15, 0.2) is 0 Å². The summed E-state index contributed by atoms with van der Waals surface area (Å²) in [5.41, 5.74) is 4.67. The van der Waals surface area contributed by atoms with Gasteiger partial charge in [0.25, 0.3) is 5.56 Å². The lowest BCUT2D eigenvalue weighted by atomic mass is 9.94. The number of carboxylic acids is 1. The van der Waals surface area contributed by atoms with E-state index in [9.17, 15) is 14.7 Å². The number of hydrogen-bond donors (Lipinski definition) is 1. The molecule has 0 aliphatic rings. The average Bonchev–Trinajstić information content (AvgIpc) is 2.98. The minimum Gasteiger partial charge on any atom is -0.478 e. The number of aromatic nitrogens is 3. The van der Waals surface area contributed by atoms with Gasteiger partial charge in [0.1, 0.15) is 17.4 Å². The molecule has 2 aromatic heterocycles. The summed E-state index contributed by atoms with van der Waals surface area (Å²) in [4.78, 5) is 35.8. The van der Waals surface area contributed by atoms with Gasteiger partial charge in [-0.25, -0.2) is 19.3 Å². The molecule has 43 heavy (non-hydrogen) atoms. The molecule has 1 unspecified atom stereocenters. The van der Waals surface area contributed by atoms with Gasteiger partial charge in [-0.1, -0.05) is 82.0 Å². The Bertz CT molecular complexity index is 1590. The minimum absolute atomic E-state index is 0.112. The van der Waals surface area contributed by atoms with Crippen molar-refractivity contribution in [2.45, 2.75) is 85.2 Å². The average molecular weight is 602 g/mol. The molecule has 0 aliphatic heterocycles. The van der Waals surface area contributed by atoms with Crippen LogP contribution < -0.4 is 10.3 Å². The zero-order valence-corrected chi connectivity index (χ0v) is 26.2. The van der Waals surface area contributed by atoms with E-state index in [1.54, 1.807) is 35.0 Å². The van der Waals surface area contributed by atoms with Gasteiger partial charge in [-0.15, -0.1) is 0 Å². The normalized spacial score (nSPS) is 11.8. The topological polar surface area (TPSA) is 94.3 Å². The van der Waals surface area contributed by atoms with Gasteiger partial charge < -0.3 is 9.84 Å². The molecule has 2 heterocycles. The summed E-state index contributed by atoms with van der Waals surface area (Å²) in [6.45, 7) is 8.14. The highest BCUT2D eigenvalue weighted by Crippen LogP contribution is 2.34. The Morgan fingerprint density at radius 2 is 1.70 bits per heavy atom. The monoisotopic (exact) mass is 601 g/mol. The Hall–Kier alpha value is -3.97. The standard InChI is InChI=1S/C35H40ClN3O4/c1-5-8-16-30-29(34(40)39(23(4)38-30)31-17-9-10-18-37-31)21-24-19-25(12-6-2)32(26(20-24)13-7-3)43-33(35(41)42)27-14-11-15-28(36)22-27/h9-11,14-15,17-20,22,33H,5-8,12-13,16,21H2,1-4H3,(H,41,42). The van der Waals surface area contributed by atoms with Crippen LogP contribution >= 0.6 is 11.6 Å². The van der Waals surface area contributed by atoms with E-state index in [-0.39, 0.29) is 5.56 Å². The predicted molar refractivity (Wildman–Crippen MR) is 171 cm³/mol. The first-order valence-corrected chi connectivity index (χ1v) is 15.5. The van der Waals surface area contributed by atoms with E-state index in [0.717, 1.165) is 54.5 Å². The van der Waals surface area contributed by atoms with Crippen molar-refractivity contribution in [3.63, 3.8) is 0 Å². The molecule has 0 saturated heterocycles. The number of aliphatic carboxylic acids is 1. The number of benzene rings is 2. The van der Waals surface area contributed by atoms with Crippen molar-refractivity contribution in [2.24, 2.45) is 0 Å². The lowest BCUT2D eigenvalue weighted by Crippen LogP contribution is -2.29. The molecule has 8 heteroatoms. The largest absolute Gasteiger partial charge is 0.478 e. The Balaban J connectivity index is 1.83. The van der Waals surface area contributed by atoms with Crippen molar-refractivity contribution in [3.05, 3.63) is 116 Å². The maximum Gasteiger partial charge on any atom is 0.349 e. The fourth-order valence-corrected chi connectivity index (χ4v) is 5.64. The fourth-order valence-electron chi connectivity index (χ4n) is 5.45. The van der Waals surface area contributed by atoms with Gasteiger partial charge in [-0.05, 0) is 73.6 Å². The van der Waals surface area contributed by atoms with E-state index >= 15 is 0 Å². The lowest BCUT2D eigenvalue weighted by molar-refractivity contribution is -0.145. The number of carbonyl (C=O) groups is 1. The molecule has 2 aromatic carbocycles. The Morgan fingerprint density at radius 1 is 0.977 bits per heavy atom. The molecule has 226 valence electrons. The fraction of sp³-hybridized carbons (Fsp3) is 0.371. The minimum atomic E-state index is -1.21. The summed E-state index contributed by atoms with van der Waals surface area (Å²) >= 11 is 6.19. The van der Waals surface area contributed by atoms with Gasteiger partial charge in [-0.3, -0.25) is 4.79 Å². The number of carboxylic acid groups (broad SMARTS) is 1. The number of halogens is 1. The first kappa shape index (κ1) is 32.0. The molecule has 1 atom stereocenters. The third kappa shape index (κ3) is 7.71. The van der Waals surface area contributed by atoms with Crippen molar-refractivity contribution < 1.29 is 14.6 Å². The number of unbranched alkanes of at least 4 members (excludes halogenated alkanes) is 1. The number of pyridine rings is 1. The van der Waals surface area contributed by atoms with E-state index in [4.69, 9.17) is 21.3 Å². The van der Waals surface area contributed by atoms with Gasteiger partial charge >= 0.3 is 5.97 Å². The zero-order valence-electron chi connectivity index (χ0n) is 25.4. The van der Waals surface area contributed by atoms with Crippen LogP contribution in [-0.2, 0) is 30.5 Å². The van der Waals surface area contributed by atoms with Crippen molar-refractivity contribution in [1.29, 1.82) is 0 Å². The Morgan fingerprint density at radius 3 is 2.28 bits per heavy atom. The molecule has 0 saturated carbocycles. The molecular weight excluding hydrogens is 562 g/mol. The van der Waals surface area contributed by atoms with Gasteiger partial charge in [-0.2, -0.15) is 0 Å². The number of hydrogen-bond acceptors (Lipinski definition) is 5. The summed E-state index contributed by atoms with van der Waals surface area (Å²) in [6, 6.07) is 16.4. The summed E-state index contributed by atoms with van der Waals surface area (Å²) < 4.78 is 7.93. The number of rotatable bonds is 14. The molecule has 7 nitrogen and oxygen atoms in total. The molecule has 1 N–H and O–H groups in total. The molecule has 0 aliphatic carbocycles. The molecule has 4 rings (SSSR count). The Labute approximate surface area is 258 Å². The molecule has 0 bridgehead atoms. The Kier molecular flexibility index (Phi) is 11.1. The zero-order chi connectivity index (χ0) is 30.9. The van der Waals surface area contributed by atoms with Crippen LogP contribution in [0.5, 0.6) is 5.75 Å².